The molecular formula is C7H9ClO2. The molecule has 0 fully saturated rings. The summed E-state index contributed by atoms with van der Waals surface area (Å²) in [6.45, 7) is 1.55. The second-order valence-corrected chi connectivity index (χ2v) is 2.04. The van der Waals surface area contributed by atoms with Crippen LogP contribution in [0.3, 0.4) is 0 Å². The van der Waals surface area contributed by atoms with Crippen molar-refractivity contribution in [2.24, 2.45) is 0 Å². The molecule has 0 aliphatic carbocycles. The number of rotatable bonds is 3. The highest BCUT2D eigenvalue weighted by molar-refractivity contribution is 6.25. The molecule has 0 unspecified atom stereocenters. The number of carboxylic acid groups (broad SMARTS) is 1. The fraction of sp³-hybridized carbons (Fsp3) is 0.286. The molecule has 0 bridgehead atoms. The average Bonchev–Trinajstić information content (AvgIpc) is 1.88. The number of aliphatic carboxylic acids is 1. The highest BCUT2D eigenvalue weighted by atomic mass is 35.5. The van der Waals surface area contributed by atoms with Gasteiger partial charge in [-0.25, -0.2) is 4.79 Å². The normalized spacial score (nSPS) is 12.4. The van der Waals surface area contributed by atoms with Crippen LogP contribution in [0, 0.1) is 0 Å². The van der Waals surface area contributed by atoms with E-state index in [1.54, 1.807) is 19.1 Å². The number of hydrogen-bond acceptors (Lipinski definition) is 1. The lowest BCUT2D eigenvalue weighted by atomic mass is 10.2. The van der Waals surface area contributed by atoms with Crippen LogP contribution in [-0.2, 0) is 4.79 Å². The quantitative estimate of drug-likeness (QED) is 0.643. The number of hydrogen-bond donors (Lipinski definition) is 1. The molecule has 0 radical (unpaired) electrons. The van der Waals surface area contributed by atoms with Crippen LogP contribution in [0.5, 0.6) is 0 Å². The molecule has 0 aliphatic rings. The fourth-order valence-electron chi connectivity index (χ4n) is 0.384. The van der Waals surface area contributed by atoms with Crippen molar-refractivity contribution in [3.63, 3.8) is 0 Å². The molecule has 0 amide bonds. The van der Waals surface area contributed by atoms with Crippen molar-refractivity contribution in [1.29, 1.82) is 0 Å². The maximum absolute atomic E-state index is 10.2. The lowest BCUT2D eigenvalue weighted by Gasteiger charge is -1.88. The summed E-state index contributed by atoms with van der Waals surface area (Å²) in [6.07, 6.45) is 3.84. The van der Waals surface area contributed by atoms with Crippen LogP contribution in [0.4, 0.5) is 0 Å². The topological polar surface area (TPSA) is 37.3 Å². The van der Waals surface area contributed by atoms with Crippen LogP contribution in [0.25, 0.3) is 0 Å². The lowest BCUT2D eigenvalue weighted by molar-refractivity contribution is -0.132. The van der Waals surface area contributed by atoms with Crippen molar-refractivity contribution in [3.8, 4) is 0 Å². The summed E-state index contributed by atoms with van der Waals surface area (Å²) < 4.78 is 0. The van der Waals surface area contributed by atoms with E-state index in [0.29, 0.717) is 12.0 Å². The third kappa shape index (κ3) is 4.15. The molecule has 0 rings (SSSR count). The van der Waals surface area contributed by atoms with Crippen molar-refractivity contribution in [2.75, 3.05) is 0 Å². The molecule has 0 saturated heterocycles. The second-order valence-electron chi connectivity index (χ2n) is 1.79. The van der Waals surface area contributed by atoms with Crippen molar-refractivity contribution in [1.82, 2.24) is 0 Å². The largest absolute Gasteiger partial charge is 0.478 e. The van der Waals surface area contributed by atoms with E-state index < -0.39 is 5.97 Å². The van der Waals surface area contributed by atoms with E-state index in [-0.39, 0.29) is 0 Å². The zero-order chi connectivity index (χ0) is 7.98. The third-order valence-corrected chi connectivity index (χ3v) is 1.16. The van der Waals surface area contributed by atoms with E-state index in [1.165, 1.54) is 5.54 Å². The minimum Gasteiger partial charge on any atom is -0.478 e. The van der Waals surface area contributed by atoms with Crippen molar-refractivity contribution in [2.45, 2.75) is 13.3 Å². The molecule has 2 nitrogen and oxygen atoms in total. The molecule has 0 atom stereocenters. The Balaban J connectivity index is 3.80. The smallest absolute Gasteiger partial charge is 0.330 e. The monoisotopic (exact) mass is 160 g/mol. The van der Waals surface area contributed by atoms with Crippen molar-refractivity contribution >= 4 is 17.6 Å². The molecule has 0 aromatic carbocycles. The van der Waals surface area contributed by atoms with Crippen LogP contribution in [0.1, 0.15) is 13.3 Å². The van der Waals surface area contributed by atoms with Crippen LogP contribution in [0.15, 0.2) is 23.3 Å². The Morgan fingerprint density at radius 3 is 2.70 bits per heavy atom. The molecule has 3 heteroatoms. The SMILES string of the molecule is CC(=CCC=CCl)C(=O)O. The minimum atomic E-state index is -0.886. The first kappa shape index (κ1) is 9.24. The standard InChI is InChI=1S/C7H9ClO2/c1-6(7(9)10)4-2-3-5-8/h3-5H,2H2,1H3,(H,9,10). The summed E-state index contributed by atoms with van der Waals surface area (Å²) in [5.74, 6) is -0.886. The molecule has 0 spiro atoms. The summed E-state index contributed by atoms with van der Waals surface area (Å²) >= 11 is 5.21. The maximum atomic E-state index is 10.2. The predicted octanol–water partition coefficient (Wildman–Crippen LogP) is 2.16. The molecular weight excluding hydrogens is 152 g/mol. The zero-order valence-corrected chi connectivity index (χ0v) is 6.43. The Hall–Kier alpha value is -0.760. The summed E-state index contributed by atoms with van der Waals surface area (Å²) in [4.78, 5) is 10.2. The van der Waals surface area contributed by atoms with Gasteiger partial charge in [-0.2, -0.15) is 0 Å². The first-order chi connectivity index (χ1) is 4.68. The minimum absolute atomic E-state index is 0.342. The molecule has 1 N–H and O–H groups in total. The van der Waals surface area contributed by atoms with Gasteiger partial charge in [0.15, 0.2) is 0 Å². The Labute approximate surface area is 64.8 Å². The first-order valence-corrected chi connectivity index (χ1v) is 3.27. The van der Waals surface area contributed by atoms with Gasteiger partial charge in [-0.1, -0.05) is 23.8 Å². The van der Waals surface area contributed by atoms with Gasteiger partial charge in [0.05, 0.1) is 0 Å². The molecule has 10 heavy (non-hydrogen) atoms. The van der Waals surface area contributed by atoms with E-state index in [2.05, 4.69) is 0 Å². The average molecular weight is 161 g/mol. The van der Waals surface area contributed by atoms with Gasteiger partial charge < -0.3 is 5.11 Å². The zero-order valence-electron chi connectivity index (χ0n) is 5.67. The van der Waals surface area contributed by atoms with Crippen LogP contribution < -0.4 is 0 Å². The number of halogens is 1. The molecule has 0 saturated carbocycles. The third-order valence-electron chi connectivity index (χ3n) is 0.987. The summed E-state index contributed by atoms with van der Waals surface area (Å²) in [5.41, 5.74) is 1.71. The Kier molecular flexibility index (Phi) is 4.67. The van der Waals surface area contributed by atoms with Crippen molar-refractivity contribution < 1.29 is 9.90 Å². The Morgan fingerprint density at radius 1 is 1.70 bits per heavy atom. The van der Waals surface area contributed by atoms with Gasteiger partial charge in [0, 0.05) is 11.1 Å². The van der Waals surface area contributed by atoms with Gasteiger partial charge in [0.2, 0.25) is 0 Å². The van der Waals surface area contributed by atoms with E-state index in [9.17, 15) is 4.79 Å². The van der Waals surface area contributed by atoms with E-state index in [4.69, 9.17) is 16.7 Å². The molecule has 0 aromatic rings. The van der Waals surface area contributed by atoms with E-state index in [1.807, 2.05) is 0 Å². The molecule has 56 valence electrons. The van der Waals surface area contributed by atoms with Gasteiger partial charge in [-0.05, 0) is 13.3 Å². The Bertz CT molecular complexity index is 170. The molecule has 0 aromatic heterocycles. The predicted molar refractivity (Wildman–Crippen MR) is 41.0 cm³/mol. The summed E-state index contributed by atoms with van der Waals surface area (Å²) in [5, 5.41) is 8.36. The van der Waals surface area contributed by atoms with Gasteiger partial charge >= 0.3 is 5.97 Å². The van der Waals surface area contributed by atoms with Crippen LogP contribution in [0.2, 0.25) is 0 Å². The number of allylic oxidation sites excluding steroid dienone is 2. The lowest BCUT2D eigenvalue weighted by Crippen LogP contribution is -1.94. The summed E-state index contributed by atoms with van der Waals surface area (Å²) in [7, 11) is 0. The highest BCUT2D eigenvalue weighted by Crippen LogP contribution is 1.96. The first-order valence-electron chi connectivity index (χ1n) is 2.83. The number of carbonyl (C=O) groups is 1. The molecule has 0 heterocycles. The van der Waals surface area contributed by atoms with Crippen LogP contribution in [-0.4, -0.2) is 11.1 Å². The highest BCUT2D eigenvalue weighted by Gasteiger charge is 1.95. The Morgan fingerprint density at radius 2 is 2.30 bits per heavy atom. The van der Waals surface area contributed by atoms with Gasteiger partial charge in [-0.3, -0.25) is 0 Å². The van der Waals surface area contributed by atoms with Gasteiger partial charge in [0.25, 0.3) is 0 Å². The van der Waals surface area contributed by atoms with Gasteiger partial charge in [-0.15, -0.1) is 0 Å². The van der Waals surface area contributed by atoms with E-state index in [0.717, 1.165) is 0 Å². The van der Waals surface area contributed by atoms with Crippen molar-refractivity contribution in [3.05, 3.63) is 23.3 Å². The summed E-state index contributed by atoms with van der Waals surface area (Å²) in [6, 6.07) is 0. The van der Waals surface area contributed by atoms with Crippen LogP contribution >= 0.6 is 11.6 Å². The molecule has 0 aliphatic heterocycles. The fourth-order valence-corrected chi connectivity index (χ4v) is 0.486. The second kappa shape index (κ2) is 5.06. The maximum Gasteiger partial charge on any atom is 0.330 e. The van der Waals surface area contributed by atoms with Gasteiger partial charge in [0.1, 0.15) is 0 Å². The number of carboxylic acids is 1. The van der Waals surface area contributed by atoms with E-state index >= 15 is 0 Å².